The Kier molecular flexibility index (Phi) is 4.36. The number of Topliss-reactive ketones (excluding diaryl/α,β-unsaturated/α-hetero) is 1. The molecule has 0 amide bonds. The van der Waals surface area contributed by atoms with Gasteiger partial charge in [-0.3, -0.25) is 9.48 Å². The van der Waals surface area contributed by atoms with E-state index in [9.17, 15) is 13.2 Å². The number of carbonyl (C=O) groups excluding carboxylic acids is 1. The van der Waals surface area contributed by atoms with Crippen LogP contribution in [0, 0.1) is 0 Å². The Morgan fingerprint density at radius 1 is 1.58 bits per heavy atom. The summed E-state index contributed by atoms with van der Waals surface area (Å²) in [5.41, 5.74) is 0.562. The second-order valence-electron chi connectivity index (χ2n) is 4.83. The average Bonchev–Trinajstić information content (AvgIpc) is 2.76. The zero-order chi connectivity index (χ0) is 13.9. The van der Waals surface area contributed by atoms with Crippen LogP contribution in [0.15, 0.2) is 12.3 Å². The van der Waals surface area contributed by atoms with Crippen LogP contribution in [-0.4, -0.2) is 48.1 Å². The van der Waals surface area contributed by atoms with Gasteiger partial charge in [0.15, 0.2) is 15.6 Å². The zero-order valence-corrected chi connectivity index (χ0v) is 11.8. The van der Waals surface area contributed by atoms with E-state index in [1.807, 2.05) is 6.92 Å². The van der Waals surface area contributed by atoms with Crippen molar-refractivity contribution in [3.63, 3.8) is 0 Å². The van der Waals surface area contributed by atoms with Crippen LogP contribution in [-0.2, 0) is 16.4 Å². The van der Waals surface area contributed by atoms with Gasteiger partial charge in [-0.2, -0.15) is 5.10 Å². The maximum absolute atomic E-state index is 12.2. The predicted octanol–water partition coefficient (Wildman–Crippen LogP) is 0.253. The van der Waals surface area contributed by atoms with Crippen LogP contribution in [0.1, 0.15) is 30.3 Å². The number of sulfone groups is 1. The summed E-state index contributed by atoms with van der Waals surface area (Å²) in [6, 6.07) is 1.41. The van der Waals surface area contributed by atoms with Gasteiger partial charge in [-0.1, -0.05) is 6.92 Å². The minimum atomic E-state index is -3.00. The number of rotatable bonds is 5. The van der Waals surface area contributed by atoms with E-state index in [-0.39, 0.29) is 29.8 Å². The second kappa shape index (κ2) is 5.83. The number of nitrogens with one attached hydrogen (secondary N) is 1. The van der Waals surface area contributed by atoms with E-state index in [0.29, 0.717) is 18.8 Å². The largest absolute Gasteiger partial charge is 0.312 e. The fourth-order valence-corrected chi connectivity index (χ4v) is 3.73. The van der Waals surface area contributed by atoms with E-state index in [1.165, 1.54) is 0 Å². The fraction of sp³-hybridized carbons (Fsp3) is 0.667. The number of nitrogens with zero attached hydrogens (tertiary/aromatic N) is 2. The summed E-state index contributed by atoms with van der Waals surface area (Å²) in [7, 11) is -3.00. The molecular formula is C12H19N3O3S. The highest BCUT2D eigenvalue weighted by atomic mass is 32.2. The molecule has 0 saturated carbocycles. The molecule has 0 spiro atoms. The van der Waals surface area contributed by atoms with Crippen LogP contribution in [0.25, 0.3) is 0 Å². The Morgan fingerprint density at radius 3 is 3.05 bits per heavy atom. The Balaban J connectivity index is 2.02. The van der Waals surface area contributed by atoms with Gasteiger partial charge in [-0.15, -0.1) is 0 Å². The van der Waals surface area contributed by atoms with Crippen LogP contribution in [0.3, 0.4) is 0 Å². The molecule has 1 saturated heterocycles. The zero-order valence-electron chi connectivity index (χ0n) is 11.0. The molecule has 1 aliphatic heterocycles. The molecular weight excluding hydrogens is 266 g/mol. The smallest absolute Gasteiger partial charge is 0.182 e. The third kappa shape index (κ3) is 3.63. The predicted molar refractivity (Wildman–Crippen MR) is 71.9 cm³/mol. The lowest BCUT2D eigenvalue weighted by atomic mass is 10.1. The average molecular weight is 285 g/mol. The van der Waals surface area contributed by atoms with Crippen LogP contribution in [0.4, 0.5) is 0 Å². The normalized spacial score (nSPS) is 22.3. The van der Waals surface area contributed by atoms with Crippen molar-refractivity contribution in [2.24, 2.45) is 0 Å². The van der Waals surface area contributed by atoms with E-state index in [1.54, 1.807) is 16.9 Å². The lowest BCUT2D eigenvalue weighted by Gasteiger charge is -2.23. The van der Waals surface area contributed by atoms with Crippen molar-refractivity contribution in [1.29, 1.82) is 0 Å². The van der Waals surface area contributed by atoms with E-state index in [0.717, 1.165) is 6.42 Å². The summed E-state index contributed by atoms with van der Waals surface area (Å²) in [6.45, 7) is 3.14. The molecule has 1 atom stereocenters. The highest BCUT2D eigenvalue weighted by molar-refractivity contribution is 7.91. The third-order valence-electron chi connectivity index (χ3n) is 3.17. The molecule has 19 heavy (non-hydrogen) atoms. The molecule has 0 aliphatic carbocycles. The molecule has 1 aromatic heterocycles. The van der Waals surface area contributed by atoms with Gasteiger partial charge < -0.3 is 5.32 Å². The summed E-state index contributed by atoms with van der Waals surface area (Å²) in [4.78, 5) is 12.2. The SMILES string of the molecule is CCCn1nccc1C(=O)CC1CS(=O)(=O)CCN1. The summed E-state index contributed by atoms with van der Waals surface area (Å²) in [5.74, 6) is 0.145. The van der Waals surface area contributed by atoms with Crippen LogP contribution in [0.2, 0.25) is 0 Å². The monoisotopic (exact) mass is 285 g/mol. The minimum Gasteiger partial charge on any atom is -0.312 e. The van der Waals surface area contributed by atoms with Gasteiger partial charge in [0.2, 0.25) is 0 Å². The molecule has 1 fully saturated rings. The number of aromatic nitrogens is 2. The molecule has 2 heterocycles. The quantitative estimate of drug-likeness (QED) is 0.784. The van der Waals surface area contributed by atoms with Gasteiger partial charge in [-0.05, 0) is 12.5 Å². The van der Waals surface area contributed by atoms with Gasteiger partial charge >= 0.3 is 0 Å². The van der Waals surface area contributed by atoms with Crippen LogP contribution >= 0.6 is 0 Å². The molecule has 1 aliphatic rings. The van der Waals surface area contributed by atoms with Crippen molar-refractivity contribution in [2.45, 2.75) is 32.4 Å². The number of ketones is 1. The highest BCUT2D eigenvalue weighted by Gasteiger charge is 2.27. The summed E-state index contributed by atoms with van der Waals surface area (Å²) < 4.78 is 24.7. The standard InChI is InChI=1S/C12H19N3O3S/c1-2-6-15-11(3-4-14-15)12(16)8-10-9-19(17,18)7-5-13-10/h3-4,10,13H,2,5-9H2,1H3. The number of carbonyl (C=O) groups is 1. The molecule has 0 aromatic carbocycles. The molecule has 0 bridgehead atoms. The van der Waals surface area contributed by atoms with Gasteiger partial charge in [0.05, 0.1) is 11.5 Å². The van der Waals surface area contributed by atoms with Crippen LogP contribution < -0.4 is 5.32 Å². The Bertz CT molecular complexity index is 550. The molecule has 106 valence electrons. The molecule has 7 heteroatoms. The third-order valence-corrected chi connectivity index (χ3v) is 4.91. The lowest BCUT2D eigenvalue weighted by Crippen LogP contribution is -2.46. The van der Waals surface area contributed by atoms with Crippen LogP contribution in [0.5, 0.6) is 0 Å². The first-order valence-corrected chi connectivity index (χ1v) is 8.33. The first-order valence-electron chi connectivity index (χ1n) is 6.50. The van der Waals surface area contributed by atoms with E-state index in [2.05, 4.69) is 10.4 Å². The van der Waals surface area contributed by atoms with E-state index in [4.69, 9.17) is 0 Å². The van der Waals surface area contributed by atoms with E-state index >= 15 is 0 Å². The van der Waals surface area contributed by atoms with Gasteiger partial charge in [0, 0.05) is 31.7 Å². The Morgan fingerprint density at radius 2 is 2.37 bits per heavy atom. The highest BCUT2D eigenvalue weighted by Crippen LogP contribution is 2.10. The molecule has 0 radical (unpaired) electrons. The molecule has 6 nitrogen and oxygen atoms in total. The fourth-order valence-electron chi connectivity index (χ4n) is 2.29. The van der Waals surface area contributed by atoms with Gasteiger partial charge in [0.1, 0.15) is 5.69 Å². The van der Waals surface area contributed by atoms with E-state index < -0.39 is 9.84 Å². The topological polar surface area (TPSA) is 81.1 Å². The van der Waals surface area contributed by atoms with Crippen molar-refractivity contribution >= 4 is 15.6 Å². The van der Waals surface area contributed by atoms with Crippen molar-refractivity contribution in [3.8, 4) is 0 Å². The van der Waals surface area contributed by atoms with Gasteiger partial charge in [0.25, 0.3) is 0 Å². The summed E-state index contributed by atoms with van der Waals surface area (Å²) in [6.07, 6.45) is 2.71. The van der Waals surface area contributed by atoms with Crippen molar-refractivity contribution < 1.29 is 13.2 Å². The number of aryl methyl sites for hydroxylation is 1. The Hall–Kier alpha value is -1.21. The molecule has 1 unspecified atom stereocenters. The lowest BCUT2D eigenvalue weighted by molar-refractivity contribution is 0.0961. The first-order chi connectivity index (χ1) is 9.02. The summed E-state index contributed by atoms with van der Waals surface area (Å²) in [5, 5.41) is 7.20. The maximum Gasteiger partial charge on any atom is 0.182 e. The molecule has 1 N–H and O–H groups in total. The van der Waals surface area contributed by atoms with Crippen molar-refractivity contribution in [3.05, 3.63) is 18.0 Å². The molecule has 1 aromatic rings. The maximum atomic E-state index is 12.2. The summed E-state index contributed by atoms with van der Waals surface area (Å²) >= 11 is 0. The second-order valence-corrected chi connectivity index (χ2v) is 7.06. The molecule has 2 rings (SSSR count). The van der Waals surface area contributed by atoms with Crippen molar-refractivity contribution in [1.82, 2.24) is 15.1 Å². The number of hydrogen-bond donors (Lipinski definition) is 1. The Labute approximate surface area is 113 Å². The first kappa shape index (κ1) is 14.2. The number of hydrogen-bond acceptors (Lipinski definition) is 5. The minimum absolute atomic E-state index is 0.0423. The van der Waals surface area contributed by atoms with Gasteiger partial charge in [-0.25, -0.2) is 8.42 Å². The van der Waals surface area contributed by atoms with Crippen molar-refractivity contribution in [2.75, 3.05) is 18.1 Å².